The van der Waals surface area contributed by atoms with Gasteiger partial charge < -0.3 is 10.6 Å². The number of anilines is 1. The fraction of sp³-hybridized carbons (Fsp3) is 0.538. The zero-order chi connectivity index (χ0) is 11.0. The second-order valence-corrected chi connectivity index (χ2v) is 4.74. The molecule has 0 fully saturated rings. The molecule has 1 atom stereocenters. The average molecular weight is 204 g/mol. The Kier molecular flexibility index (Phi) is 2.70. The van der Waals surface area contributed by atoms with E-state index < -0.39 is 0 Å². The fourth-order valence-electron chi connectivity index (χ4n) is 2.37. The summed E-state index contributed by atoms with van der Waals surface area (Å²) in [5.41, 5.74) is 9.77. The van der Waals surface area contributed by atoms with Gasteiger partial charge in [0.1, 0.15) is 0 Å². The lowest BCUT2D eigenvalue weighted by molar-refractivity contribution is 0.670. The second kappa shape index (κ2) is 3.86. The quantitative estimate of drug-likeness (QED) is 0.802. The van der Waals surface area contributed by atoms with Gasteiger partial charge in [-0.25, -0.2) is 0 Å². The van der Waals surface area contributed by atoms with Gasteiger partial charge in [-0.3, -0.25) is 0 Å². The van der Waals surface area contributed by atoms with E-state index >= 15 is 0 Å². The molecule has 0 bridgehead atoms. The SMILES string of the molecule is CC1CN(C(C)C)c2ccc(CN)cc21. The van der Waals surface area contributed by atoms with Crippen molar-refractivity contribution >= 4 is 5.69 Å². The normalized spacial score (nSPS) is 19.8. The first-order chi connectivity index (χ1) is 7.13. The summed E-state index contributed by atoms with van der Waals surface area (Å²) in [6.45, 7) is 8.57. The van der Waals surface area contributed by atoms with Crippen molar-refractivity contribution < 1.29 is 0 Å². The van der Waals surface area contributed by atoms with Crippen molar-refractivity contribution in [2.75, 3.05) is 11.4 Å². The van der Waals surface area contributed by atoms with Gasteiger partial charge >= 0.3 is 0 Å². The van der Waals surface area contributed by atoms with Crippen LogP contribution in [-0.2, 0) is 6.54 Å². The summed E-state index contributed by atoms with van der Waals surface area (Å²) in [6, 6.07) is 7.22. The van der Waals surface area contributed by atoms with E-state index in [-0.39, 0.29) is 0 Å². The predicted molar refractivity (Wildman–Crippen MR) is 65.2 cm³/mol. The van der Waals surface area contributed by atoms with Crippen LogP contribution in [0.25, 0.3) is 0 Å². The van der Waals surface area contributed by atoms with Crippen molar-refractivity contribution in [3.05, 3.63) is 29.3 Å². The van der Waals surface area contributed by atoms with Crippen LogP contribution in [0.15, 0.2) is 18.2 Å². The second-order valence-electron chi connectivity index (χ2n) is 4.74. The number of benzene rings is 1. The number of rotatable bonds is 2. The minimum Gasteiger partial charge on any atom is -0.368 e. The van der Waals surface area contributed by atoms with Crippen molar-refractivity contribution in [2.45, 2.75) is 39.3 Å². The predicted octanol–water partition coefficient (Wildman–Crippen LogP) is 2.48. The zero-order valence-electron chi connectivity index (χ0n) is 9.83. The van der Waals surface area contributed by atoms with Gasteiger partial charge in [-0.2, -0.15) is 0 Å². The van der Waals surface area contributed by atoms with Gasteiger partial charge in [-0.05, 0) is 31.0 Å². The van der Waals surface area contributed by atoms with Crippen LogP contribution in [0.5, 0.6) is 0 Å². The van der Waals surface area contributed by atoms with Crippen LogP contribution in [-0.4, -0.2) is 12.6 Å². The lowest BCUT2D eigenvalue weighted by Crippen LogP contribution is -2.28. The molecule has 1 unspecified atom stereocenters. The molecule has 1 aliphatic rings. The number of fused-ring (bicyclic) bond motifs is 1. The summed E-state index contributed by atoms with van der Waals surface area (Å²) < 4.78 is 0. The van der Waals surface area contributed by atoms with Crippen LogP contribution < -0.4 is 10.6 Å². The Morgan fingerprint density at radius 3 is 2.80 bits per heavy atom. The molecule has 0 aromatic heterocycles. The van der Waals surface area contributed by atoms with Crippen molar-refractivity contribution in [3.8, 4) is 0 Å². The molecular weight excluding hydrogens is 184 g/mol. The van der Waals surface area contributed by atoms with E-state index in [0.29, 0.717) is 18.5 Å². The lowest BCUT2D eigenvalue weighted by Gasteiger charge is -2.24. The number of hydrogen-bond donors (Lipinski definition) is 1. The molecule has 0 aliphatic carbocycles. The third-order valence-electron chi connectivity index (χ3n) is 3.26. The molecule has 1 aliphatic heterocycles. The van der Waals surface area contributed by atoms with E-state index in [4.69, 9.17) is 5.73 Å². The van der Waals surface area contributed by atoms with Gasteiger partial charge in [-0.1, -0.05) is 19.1 Å². The summed E-state index contributed by atoms with van der Waals surface area (Å²) in [5, 5.41) is 0. The topological polar surface area (TPSA) is 29.3 Å². The molecule has 1 aromatic carbocycles. The molecule has 2 heteroatoms. The number of nitrogens with zero attached hydrogens (tertiary/aromatic N) is 1. The lowest BCUT2D eigenvalue weighted by atomic mass is 10.0. The van der Waals surface area contributed by atoms with Crippen LogP contribution in [0.3, 0.4) is 0 Å². The van der Waals surface area contributed by atoms with Gasteiger partial charge in [0.15, 0.2) is 0 Å². The van der Waals surface area contributed by atoms with E-state index in [0.717, 1.165) is 6.54 Å². The summed E-state index contributed by atoms with van der Waals surface area (Å²) in [7, 11) is 0. The van der Waals surface area contributed by atoms with E-state index in [9.17, 15) is 0 Å². The Hall–Kier alpha value is -1.02. The molecule has 0 saturated heterocycles. The van der Waals surface area contributed by atoms with Gasteiger partial charge in [0.25, 0.3) is 0 Å². The van der Waals surface area contributed by atoms with E-state index in [1.54, 1.807) is 0 Å². The maximum absolute atomic E-state index is 5.67. The first-order valence-corrected chi connectivity index (χ1v) is 5.73. The zero-order valence-corrected chi connectivity index (χ0v) is 9.83. The van der Waals surface area contributed by atoms with Crippen LogP contribution in [0.4, 0.5) is 5.69 Å². The van der Waals surface area contributed by atoms with Crippen molar-refractivity contribution in [1.82, 2.24) is 0 Å². The molecule has 1 heterocycles. The molecule has 0 radical (unpaired) electrons. The highest BCUT2D eigenvalue weighted by atomic mass is 15.2. The Balaban J connectivity index is 2.41. The highest BCUT2D eigenvalue weighted by Crippen LogP contribution is 2.37. The summed E-state index contributed by atoms with van der Waals surface area (Å²) in [5.74, 6) is 0.633. The highest BCUT2D eigenvalue weighted by Gasteiger charge is 2.26. The maximum Gasteiger partial charge on any atom is 0.0404 e. The summed E-state index contributed by atoms with van der Waals surface area (Å²) in [6.07, 6.45) is 0. The fourth-order valence-corrected chi connectivity index (χ4v) is 2.37. The van der Waals surface area contributed by atoms with Crippen molar-refractivity contribution in [2.24, 2.45) is 5.73 Å². The standard InChI is InChI=1S/C13H20N2/c1-9(2)15-8-10(3)12-6-11(7-14)4-5-13(12)15/h4-6,9-10H,7-8,14H2,1-3H3. The molecular formula is C13H20N2. The smallest absolute Gasteiger partial charge is 0.0404 e. The number of nitrogens with two attached hydrogens (primary N) is 1. The Bertz CT molecular complexity index is 358. The molecule has 2 rings (SSSR count). The van der Waals surface area contributed by atoms with Gasteiger partial charge in [0.05, 0.1) is 0 Å². The van der Waals surface area contributed by atoms with Crippen LogP contribution in [0.1, 0.15) is 37.8 Å². The molecule has 0 amide bonds. The molecule has 1 aromatic rings. The van der Waals surface area contributed by atoms with E-state index in [2.05, 4.69) is 43.9 Å². The van der Waals surface area contributed by atoms with Gasteiger partial charge in [-0.15, -0.1) is 0 Å². The van der Waals surface area contributed by atoms with E-state index in [1.165, 1.54) is 16.8 Å². The van der Waals surface area contributed by atoms with Crippen molar-refractivity contribution in [3.63, 3.8) is 0 Å². The third-order valence-corrected chi connectivity index (χ3v) is 3.26. The molecule has 0 spiro atoms. The minimum atomic E-state index is 0.581. The Morgan fingerprint density at radius 1 is 1.47 bits per heavy atom. The Morgan fingerprint density at radius 2 is 2.20 bits per heavy atom. The first kappa shape index (κ1) is 10.5. The molecule has 2 N–H and O–H groups in total. The van der Waals surface area contributed by atoms with Gasteiger partial charge in [0, 0.05) is 30.7 Å². The molecule has 15 heavy (non-hydrogen) atoms. The van der Waals surface area contributed by atoms with Crippen molar-refractivity contribution in [1.29, 1.82) is 0 Å². The van der Waals surface area contributed by atoms with Crippen LogP contribution >= 0.6 is 0 Å². The Labute approximate surface area is 92.1 Å². The third kappa shape index (κ3) is 1.74. The first-order valence-electron chi connectivity index (χ1n) is 5.73. The summed E-state index contributed by atoms with van der Waals surface area (Å²) in [4.78, 5) is 2.47. The monoisotopic (exact) mass is 204 g/mol. The van der Waals surface area contributed by atoms with Gasteiger partial charge in [0.2, 0.25) is 0 Å². The van der Waals surface area contributed by atoms with Crippen LogP contribution in [0, 0.1) is 0 Å². The van der Waals surface area contributed by atoms with Crippen LogP contribution in [0.2, 0.25) is 0 Å². The molecule has 0 saturated carbocycles. The molecule has 2 nitrogen and oxygen atoms in total. The highest BCUT2D eigenvalue weighted by molar-refractivity contribution is 5.61. The average Bonchev–Trinajstić information content (AvgIpc) is 2.56. The largest absolute Gasteiger partial charge is 0.368 e. The maximum atomic E-state index is 5.67. The molecule has 82 valence electrons. The minimum absolute atomic E-state index is 0.581. The van der Waals surface area contributed by atoms with E-state index in [1.807, 2.05) is 0 Å². The number of hydrogen-bond acceptors (Lipinski definition) is 2. The summed E-state index contributed by atoms with van der Waals surface area (Å²) >= 11 is 0.